The summed E-state index contributed by atoms with van der Waals surface area (Å²) >= 11 is 0. The Morgan fingerprint density at radius 3 is 2.60 bits per heavy atom. The Labute approximate surface area is 119 Å². The van der Waals surface area contributed by atoms with Gasteiger partial charge < -0.3 is 5.32 Å². The number of halogens is 1. The van der Waals surface area contributed by atoms with E-state index in [0.717, 1.165) is 30.8 Å². The minimum Gasteiger partial charge on any atom is -0.308 e. The molecule has 1 aliphatic rings. The highest BCUT2D eigenvalue weighted by Crippen LogP contribution is 2.36. The number of nitrogens with zero attached hydrogens (tertiary/aromatic N) is 1. The Hall–Kier alpha value is -1.74. The highest BCUT2D eigenvalue weighted by Gasteiger charge is 2.29. The number of aromatic nitrogens is 1. The number of benzene rings is 1. The lowest BCUT2D eigenvalue weighted by Crippen LogP contribution is -2.39. The van der Waals surface area contributed by atoms with Crippen LogP contribution in [-0.4, -0.2) is 11.0 Å². The largest absolute Gasteiger partial charge is 0.308 e. The van der Waals surface area contributed by atoms with Crippen molar-refractivity contribution in [3.8, 4) is 0 Å². The molecule has 1 N–H and O–H groups in total. The zero-order valence-electron chi connectivity index (χ0n) is 11.6. The molecule has 2 aromatic rings. The second-order valence-corrected chi connectivity index (χ2v) is 5.57. The maximum Gasteiger partial charge on any atom is 0.123 e. The fourth-order valence-electron chi connectivity index (χ4n) is 2.74. The molecule has 0 bridgehead atoms. The molecule has 0 amide bonds. The number of aryl methyl sites for hydroxylation is 1. The van der Waals surface area contributed by atoms with E-state index >= 15 is 0 Å². The van der Waals surface area contributed by atoms with Crippen molar-refractivity contribution in [1.29, 1.82) is 0 Å². The molecule has 0 atom stereocenters. The summed E-state index contributed by atoms with van der Waals surface area (Å²) in [6.45, 7) is 2.83. The normalized spacial score (nSPS) is 21.5. The van der Waals surface area contributed by atoms with E-state index in [0.29, 0.717) is 12.0 Å². The number of rotatable bonds is 4. The summed E-state index contributed by atoms with van der Waals surface area (Å²) < 4.78 is 12.9. The average Bonchev–Trinajstić information content (AvgIpc) is 2.39. The number of nitrogens with one attached hydrogen (secondary N) is 1. The van der Waals surface area contributed by atoms with Crippen LogP contribution in [0.4, 0.5) is 4.39 Å². The molecule has 3 heteroatoms. The molecule has 1 saturated carbocycles. The molecule has 0 aliphatic heterocycles. The van der Waals surface area contributed by atoms with Crippen molar-refractivity contribution in [3.63, 3.8) is 0 Å². The van der Waals surface area contributed by atoms with Crippen LogP contribution in [0.3, 0.4) is 0 Å². The SMILES string of the molecule is Cc1cccc(CNC2CC(c3ccc(F)cc3)C2)n1. The average molecular weight is 270 g/mol. The van der Waals surface area contributed by atoms with Crippen molar-refractivity contribution < 1.29 is 4.39 Å². The molecule has 2 nitrogen and oxygen atoms in total. The van der Waals surface area contributed by atoms with Gasteiger partial charge in [-0.25, -0.2) is 4.39 Å². The van der Waals surface area contributed by atoms with Gasteiger partial charge in [-0.1, -0.05) is 18.2 Å². The van der Waals surface area contributed by atoms with Crippen molar-refractivity contribution in [1.82, 2.24) is 10.3 Å². The second kappa shape index (κ2) is 5.71. The quantitative estimate of drug-likeness (QED) is 0.918. The summed E-state index contributed by atoms with van der Waals surface area (Å²) in [5.74, 6) is 0.409. The minimum atomic E-state index is -0.159. The lowest BCUT2D eigenvalue weighted by Gasteiger charge is -2.36. The summed E-state index contributed by atoms with van der Waals surface area (Å²) in [6.07, 6.45) is 2.24. The molecular weight excluding hydrogens is 251 g/mol. The van der Waals surface area contributed by atoms with Gasteiger partial charge in [0.15, 0.2) is 0 Å². The number of hydrogen-bond acceptors (Lipinski definition) is 2. The van der Waals surface area contributed by atoms with Crippen LogP contribution in [0, 0.1) is 12.7 Å². The molecule has 1 aromatic carbocycles. The summed E-state index contributed by atoms with van der Waals surface area (Å²) in [4.78, 5) is 4.49. The van der Waals surface area contributed by atoms with E-state index in [1.807, 2.05) is 31.2 Å². The van der Waals surface area contributed by atoms with E-state index in [4.69, 9.17) is 0 Å². The first kappa shape index (κ1) is 13.3. The van der Waals surface area contributed by atoms with Gasteiger partial charge in [0.2, 0.25) is 0 Å². The third kappa shape index (κ3) is 3.05. The molecule has 3 rings (SSSR count). The molecule has 0 unspecified atom stereocenters. The van der Waals surface area contributed by atoms with Crippen molar-refractivity contribution in [3.05, 3.63) is 65.2 Å². The Kier molecular flexibility index (Phi) is 3.79. The summed E-state index contributed by atoms with van der Waals surface area (Å²) in [6, 6.07) is 13.6. The molecular formula is C17H19FN2. The second-order valence-electron chi connectivity index (χ2n) is 5.57. The van der Waals surface area contributed by atoms with Crippen LogP contribution >= 0.6 is 0 Å². The van der Waals surface area contributed by atoms with Crippen molar-refractivity contribution in [2.24, 2.45) is 0 Å². The first-order valence-corrected chi connectivity index (χ1v) is 7.12. The molecule has 0 saturated heterocycles. The highest BCUT2D eigenvalue weighted by molar-refractivity contribution is 5.23. The maximum absolute atomic E-state index is 12.9. The van der Waals surface area contributed by atoms with E-state index in [-0.39, 0.29) is 5.82 Å². The van der Waals surface area contributed by atoms with Crippen LogP contribution < -0.4 is 5.32 Å². The van der Waals surface area contributed by atoms with Gasteiger partial charge in [-0.05, 0) is 55.5 Å². The summed E-state index contributed by atoms with van der Waals surface area (Å²) in [5.41, 5.74) is 3.40. The lowest BCUT2D eigenvalue weighted by molar-refractivity contribution is 0.288. The smallest absolute Gasteiger partial charge is 0.123 e. The molecule has 104 valence electrons. The Bertz CT molecular complexity index is 574. The van der Waals surface area contributed by atoms with Gasteiger partial charge in [-0.2, -0.15) is 0 Å². The summed E-state index contributed by atoms with van der Waals surface area (Å²) in [5, 5.41) is 3.54. The van der Waals surface area contributed by atoms with Gasteiger partial charge >= 0.3 is 0 Å². The number of pyridine rings is 1. The van der Waals surface area contributed by atoms with Crippen molar-refractivity contribution >= 4 is 0 Å². The Balaban J connectivity index is 1.48. The van der Waals surface area contributed by atoms with Gasteiger partial charge in [0.1, 0.15) is 5.82 Å². The van der Waals surface area contributed by atoms with E-state index in [1.165, 1.54) is 5.56 Å². The maximum atomic E-state index is 12.9. The van der Waals surface area contributed by atoms with E-state index in [9.17, 15) is 4.39 Å². The van der Waals surface area contributed by atoms with E-state index < -0.39 is 0 Å². The molecule has 1 aliphatic carbocycles. The zero-order chi connectivity index (χ0) is 13.9. The Morgan fingerprint density at radius 2 is 1.90 bits per heavy atom. The van der Waals surface area contributed by atoms with Gasteiger partial charge in [0.05, 0.1) is 5.69 Å². The van der Waals surface area contributed by atoms with Gasteiger partial charge in [-0.3, -0.25) is 4.98 Å². The molecule has 1 heterocycles. The van der Waals surface area contributed by atoms with Crippen LogP contribution in [0.2, 0.25) is 0 Å². The first-order valence-electron chi connectivity index (χ1n) is 7.12. The van der Waals surface area contributed by atoms with Crippen LogP contribution in [0.1, 0.15) is 35.7 Å². The fraction of sp³-hybridized carbons (Fsp3) is 0.353. The van der Waals surface area contributed by atoms with E-state index in [1.54, 1.807) is 12.1 Å². The standard InChI is InChI=1S/C17H19FN2/c1-12-3-2-4-16(20-12)11-19-17-9-14(10-17)13-5-7-15(18)8-6-13/h2-8,14,17,19H,9-11H2,1H3. The third-order valence-electron chi connectivity index (χ3n) is 4.00. The predicted molar refractivity (Wildman–Crippen MR) is 78.0 cm³/mol. The third-order valence-corrected chi connectivity index (χ3v) is 4.00. The van der Waals surface area contributed by atoms with E-state index in [2.05, 4.69) is 16.4 Å². The fourth-order valence-corrected chi connectivity index (χ4v) is 2.74. The first-order chi connectivity index (χ1) is 9.70. The van der Waals surface area contributed by atoms with Gasteiger partial charge in [-0.15, -0.1) is 0 Å². The zero-order valence-corrected chi connectivity index (χ0v) is 11.6. The van der Waals surface area contributed by atoms with Crippen LogP contribution in [0.5, 0.6) is 0 Å². The van der Waals surface area contributed by atoms with Crippen LogP contribution in [0.25, 0.3) is 0 Å². The highest BCUT2D eigenvalue weighted by atomic mass is 19.1. The lowest BCUT2D eigenvalue weighted by atomic mass is 9.76. The van der Waals surface area contributed by atoms with Crippen LogP contribution in [0.15, 0.2) is 42.5 Å². The predicted octanol–water partition coefficient (Wildman–Crippen LogP) is 3.56. The van der Waals surface area contributed by atoms with Gasteiger partial charge in [0, 0.05) is 18.3 Å². The topological polar surface area (TPSA) is 24.9 Å². The molecule has 0 radical (unpaired) electrons. The minimum absolute atomic E-state index is 0.159. The van der Waals surface area contributed by atoms with Gasteiger partial charge in [0.25, 0.3) is 0 Å². The number of hydrogen-bond donors (Lipinski definition) is 1. The molecule has 1 aromatic heterocycles. The Morgan fingerprint density at radius 1 is 1.15 bits per heavy atom. The van der Waals surface area contributed by atoms with Crippen molar-refractivity contribution in [2.45, 2.75) is 38.3 Å². The van der Waals surface area contributed by atoms with Crippen molar-refractivity contribution in [2.75, 3.05) is 0 Å². The monoisotopic (exact) mass is 270 g/mol. The van der Waals surface area contributed by atoms with Crippen LogP contribution in [-0.2, 0) is 6.54 Å². The molecule has 20 heavy (non-hydrogen) atoms. The molecule has 1 fully saturated rings. The summed E-state index contributed by atoms with van der Waals surface area (Å²) in [7, 11) is 0. The molecule has 0 spiro atoms.